The van der Waals surface area contributed by atoms with Crippen molar-refractivity contribution in [2.45, 2.75) is 24.1 Å². The molecule has 0 spiro atoms. The van der Waals surface area contributed by atoms with Crippen LogP contribution in [0, 0.1) is 0 Å². The lowest BCUT2D eigenvalue weighted by molar-refractivity contribution is 0.184. The fourth-order valence-corrected chi connectivity index (χ4v) is 5.92. The quantitative estimate of drug-likeness (QED) is 0.354. The molecule has 0 aromatic heterocycles. The molecule has 178 valence electrons. The molecule has 0 bridgehead atoms. The topological polar surface area (TPSA) is 119 Å². The van der Waals surface area contributed by atoms with Crippen LogP contribution in [0.4, 0.5) is 0 Å². The number of hydrogen-bond acceptors (Lipinski definition) is 7. The van der Waals surface area contributed by atoms with E-state index in [1.54, 1.807) is 19.3 Å². The van der Waals surface area contributed by atoms with Crippen molar-refractivity contribution in [3.05, 3.63) is 100 Å². The lowest BCUT2D eigenvalue weighted by atomic mass is 9.93. The van der Waals surface area contributed by atoms with Crippen LogP contribution in [0.1, 0.15) is 39.4 Å². The van der Waals surface area contributed by atoms with Crippen LogP contribution < -0.4 is 5.32 Å². The van der Waals surface area contributed by atoms with E-state index < -0.39 is 20.5 Å². The average Bonchev–Trinajstić information content (AvgIpc) is 3.22. The molecule has 0 aliphatic carbocycles. The maximum Gasteiger partial charge on any atom is 0.412 e. The Bertz CT molecular complexity index is 1430. The fraction of sp³-hybridized carbons (Fsp3) is 0.167. The van der Waals surface area contributed by atoms with Crippen molar-refractivity contribution >= 4 is 32.7 Å². The molecule has 34 heavy (non-hydrogen) atoms. The SMILES string of the molecule is COCc1cccc2c1C(c1ccc(C=Cc3ccccc3S(=O)(=O)OS(=O)(=O)O)cc1)NC2. The molecule has 0 saturated carbocycles. The zero-order valence-electron chi connectivity index (χ0n) is 18.2. The van der Waals surface area contributed by atoms with E-state index >= 15 is 0 Å². The molecule has 2 N–H and O–H groups in total. The van der Waals surface area contributed by atoms with Crippen LogP contribution in [0.25, 0.3) is 12.2 Å². The number of rotatable bonds is 8. The Kier molecular flexibility index (Phi) is 6.99. The molecule has 1 unspecified atom stereocenters. The highest BCUT2D eigenvalue weighted by Gasteiger charge is 2.26. The summed E-state index contributed by atoms with van der Waals surface area (Å²) in [4.78, 5) is -0.377. The van der Waals surface area contributed by atoms with Crippen LogP contribution in [-0.4, -0.2) is 28.5 Å². The van der Waals surface area contributed by atoms with Crippen molar-refractivity contribution in [1.29, 1.82) is 0 Å². The minimum atomic E-state index is -5.18. The minimum absolute atomic E-state index is 0.0443. The number of benzene rings is 3. The minimum Gasteiger partial charge on any atom is -0.380 e. The summed E-state index contributed by atoms with van der Waals surface area (Å²) < 4.78 is 64.3. The predicted molar refractivity (Wildman–Crippen MR) is 127 cm³/mol. The van der Waals surface area contributed by atoms with Gasteiger partial charge in [0.15, 0.2) is 0 Å². The monoisotopic (exact) mass is 501 g/mol. The maximum absolute atomic E-state index is 12.2. The lowest BCUT2D eigenvalue weighted by Gasteiger charge is -2.16. The summed E-state index contributed by atoms with van der Waals surface area (Å²) in [5.41, 5.74) is 5.73. The first-order valence-electron chi connectivity index (χ1n) is 10.3. The molecule has 8 nitrogen and oxygen atoms in total. The average molecular weight is 502 g/mol. The van der Waals surface area contributed by atoms with Gasteiger partial charge in [-0.3, -0.25) is 4.55 Å². The van der Waals surface area contributed by atoms with E-state index in [-0.39, 0.29) is 16.5 Å². The van der Waals surface area contributed by atoms with E-state index in [4.69, 9.17) is 9.29 Å². The van der Waals surface area contributed by atoms with Gasteiger partial charge in [0.05, 0.1) is 12.6 Å². The lowest BCUT2D eigenvalue weighted by Crippen LogP contribution is -2.14. The molecule has 1 aliphatic rings. The van der Waals surface area contributed by atoms with Crippen LogP contribution in [-0.2, 0) is 42.0 Å². The van der Waals surface area contributed by atoms with Crippen LogP contribution in [0.15, 0.2) is 71.6 Å². The van der Waals surface area contributed by atoms with Gasteiger partial charge in [-0.15, -0.1) is 3.63 Å². The highest BCUT2D eigenvalue weighted by molar-refractivity contribution is 7.97. The molecule has 0 fully saturated rings. The van der Waals surface area contributed by atoms with E-state index in [1.807, 2.05) is 30.3 Å². The number of methoxy groups -OCH3 is 1. The van der Waals surface area contributed by atoms with E-state index in [0.29, 0.717) is 6.61 Å². The predicted octanol–water partition coefficient (Wildman–Crippen LogP) is 3.70. The summed E-state index contributed by atoms with van der Waals surface area (Å²) >= 11 is 0. The van der Waals surface area contributed by atoms with Crippen LogP contribution in [0.5, 0.6) is 0 Å². The Morgan fingerprint density at radius 2 is 1.71 bits per heavy atom. The largest absolute Gasteiger partial charge is 0.412 e. The zero-order valence-corrected chi connectivity index (χ0v) is 19.8. The zero-order chi connectivity index (χ0) is 24.3. The molecule has 1 heterocycles. The number of ether oxygens (including phenoxy) is 1. The Morgan fingerprint density at radius 3 is 2.41 bits per heavy atom. The van der Waals surface area contributed by atoms with Crippen molar-refractivity contribution in [3.8, 4) is 0 Å². The first-order chi connectivity index (χ1) is 16.2. The van der Waals surface area contributed by atoms with E-state index in [9.17, 15) is 16.8 Å². The van der Waals surface area contributed by atoms with E-state index in [1.165, 1.54) is 35.4 Å². The smallest absolute Gasteiger partial charge is 0.380 e. The van der Waals surface area contributed by atoms with Crippen molar-refractivity contribution in [2.75, 3.05) is 7.11 Å². The van der Waals surface area contributed by atoms with Crippen LogP contribution in [0.3, 0.4) is 0 Å². The Balaban J connectivity index is 1.58. The molecule has 4 rings (SSSR count). The summed E-state index contributed by atoms with van der Waals surface area (Å²) in [6.07, 6.45) is 3.24. The van der Waals surface area contributed by atoms with Gasteiger partial charge in [0, 0.05) is 13.7 Å². The normalized spacial score (nSPS) is 16.1. The van der Waals surface area contributed by atoms with Crippen LogP contribution >= 0.6 is 0 Å². The molecule has 0 radical (unpaired) electrons. The Labute approximate surface area is 198 Å². The van der Waals surface area contributed by atoms with Gasteiger partial charge >= 0.3 is 20.5 Å². The second-order valence-electron chi connectivity index (χ2n) is 7.72. The summed E-state index contributed by atoms with van der Waals surface area (Å²) in [6.45, 7) is 1.31. The van der Waals surface area contributed by atoms with E-state index in [2.05, 4.69) is 21.1 Å². The molecule has 0 amide bonds. The highest BCUT2D eigenvalue weighted by atomic mass is 32.3. The van der Waals surface area contributed by atoms with Crippen molar-refractivity contribution in [2.24, 2.45) is 0 Å². The molecule has 1 aliphatic heterocycles. The number of hydrogen-bond donors (Lipinski definition) is 2. The first-order valence-corrected chi connectivity index (χ1v) is 13.1. The molecule has 10 heteroatoms. The maximum atomic E-state index is 12.2. The van der Waals surface area contributed by atoms with E-state index in [0.717, 1.165) is 23.2 Å². The number of fused-ring (bicyclic) bond motifs is 1. The summed E-state index contributed by atoms with van der Waals surface area (Å²) in [7, 11) is -8.22. The van der Waals surface area contributed by atoms with Gasteiger partial charge in [0.1, 0.15) is 4.90 Å². The molecular weight excluding hydrogens is 478 g/mol. The fourth-order valence-electron chi connectivity index (χ4n) is 4.05. The van der Waals surface area contributed by atoms with Gasteiger partial charge in [-0.2, -0.15) is 16.8 Å². The summed E-state index contributed by atoms with van der Waals surface area (Å²) in [5, 5.41) is 3.53. The van der Waals surface area contributed by atoms with Gasteiger partial charge < -0.3 is 10.1 Å². The Morgan fingerprint density at radius 1 is 0.971 bits per heavy atom. The molecule has 0 saturated heterocycles. The molecule has 1 atom stereocenters. The van der Waals surface area contributed by atoms with Crippen molar-refractivity contribution in [3.63, 3.8) is 0 Å². The highest BCUT2D eigenvalue weighted by Crippen LogP contribution is 2.34. The summed E-state index contributed by atoms with van der Waals surface area (Å²) in [6, 6.07) is 19.8. The van der Waals surface area contributed by atoms with Gasteiger partial charge in [0.2, 0.25) is 0 Å². The van der Waals surface area contributed by atoms with Gasteiger partial charge in [-0.05, 0) is 39.4 Å². The molecular formula is C24H23NO7S2. The Hall–Kier alpha value is -2.86. The third kappa shape index (κ3) is 5.44. The summed E-state index contributed by atoms with van der Waals surface area (Å²) in [5.74, 6) is 0. The third-order valence-corrected chi connectivity index (χ3v) is 7.78. The molecule has 3 aromatic carbocycles. The van der Waals surface area contributed by atoms with Gasteiger partial charge in [-0.1, -0.05) is 72.8 Å². The van der Waals surface area contributed by atoms with Crippen molar-refractivity contribution in [1.82, 2.24) is 5.32 Å². The van der Waals surface area contributed by atoms with Crippen LogP contribution in [0.2, 0.25) is 0 Å². The standard InChI is InChI=1S/C24H23NO7S2/c1-31-16-21-7-4-6-20-15-25-24(23(20)21)19-13-10-17(11-14-19)9-12-18-5-2-3-8-22(18)33(26,27)32-34(28,29)30/h2-14,24-25H,15-16H2,1H3,(H,28,29,30). The van der Waals surface area contributed by atoms with Gasteiger partial charge in [-0.25, -0.2) is 0 Å². The first kappa shape index (κ1) is 24.3. The van der Waals surface area contributed by atoms with Crippen molar-refractivity contribution < 1.29 is 29.8 Å². The number of nitrogens with one attached hydrogen (secondary N) is 1. The second-order valence-corrected chi connectivity index (χ2v) is 10.5. The second kappa shape index (κ2) is 9.79. The van der Waals surface area contributed by atoms with Gasteiger partial charge in [0.25, 0.3) is 0 Å². The molecule has 3 aromatic rings. The third-order valence-electron chi connectivity index (χ3n) is 5.46.